The molecule has 1 heterocycles. The van der Waals surface area contributed by atoms with Crippen molar-refractivity contribution in [1.29, 1.82) is 0 Å². The van der Waals surface area contributed by atoms with Crippen LogP contribution in [0, 0.1) is 0 Å². The van der Waals surface area contributed by atoms with Gasteiger partial charge >= 0.3 is 6.18 Å². The van der Waals surface area contributed by atoms with E-state index in [1.807, 2.05) is 0 Å². The summed E-state index contributed by atoms with van der Waals surface area (Å²) in [5, 5.41) is 3.61. The summed E-state index contributed by atoms with van der Waals surface area (Å²) in [5.41, 5.74) is 5.15. The molecule has 2 N–H and O–H groups in total. The minimum absolute atomic E-state index is 0.0986. The van der Waals surface area contributed by atoms with Crippen LogP contribution in [0.4, 0.5) is 13.2 Å². The zero-order valence-corrected chi connectivity index (χ0v) is 9.45. The monoisotopic (exact) mass is 247 g/mol. The largest absolute Gasteiger partial charge is 0.435 e. The highest BCUT2D eigenvalue weighted by Crippen LogP contribution is 2.30. The maximum absolute atomic E-state index is 12.4. The molecule has 0 aliphatic heterocycles. The van der Waals surface area contributed by atoms with Crippen LogP contribution >= 0.6 is 0 Å². The van der Waals surface area contributed by atoms with Crippen molar-refractivity contribution < 1.29 is 13.2 Å². The molecule has 1 saturated carbocycles. The van der Waals surface area contributed by atoms with Crippen LogP contribution in [0.5, 0.6) is 0 Å². The van der Waals surface area contributed by atoms with Gasteiger partial charge in [0.25, 0.3) is 0 Å². The van der Waals surface area contributed by atoms with Gasteiger partial charge in [0, 0.05) is 12.2 Å². The Kier molecular flexibility index (Phi) is 3.42. The molecule has 0 spiro atoms. The van der Waals surface area contributed by atoms with Crippen molar-refractivity contribution >= 4 is 0 Å². The van der Waals surface area contributed by atoms with Crippen molar-refractivity contribution in [3.8, 4) is 0 Å². The first-order valence-electron chi connectivity index (χ1n) is 5.86. The molecule has 0 radical (unpaired) electrons. The van der Waals surface area contributed by atoms with Crippen molar-refractivity contribution in [3.63, 3.8) is 0 Å². The fraction of sp³-hybridized carbons (Fsp3) is 0.727. The smallest absolute Gasteiger partial charge is 0.326 e. The van der Waals surface area contributed by atoms with Crippen LogP contribution in [0.15, 0.2) is 12.3 Å². The minimum Gasteiger partial charge on any atom is -0.326 e. The normalized spacial score (nSPS) is 26.8. The second kappa shape index (κ2) is 4.68. The molecule has 1 fully saturated rings. The molecule has 1 aromatic rings. The molecule has 3 nitrogen and oxygen atoms in total. The number of hydrogen-bond donors (Lipinski definition) is 1. The van der Waals surface area contributed by atoms with E-state index < -0.39 is 11.9 Å². The van der Waals surface area contributed by atoms with Crippen molar-refractivity contribution in [2.24, 2.45) is 5.73 Å². The summed E-state index contributed by atoms with van der Waals surface area (Å²) < 4.78 is 38.7. The maximum Gasteiger partial charge on any atom is 0.435 e. The van der Waals surface area contributed by atoms with E-state index in [9.17, 15) is 13.2 Å². The Hall–Kier alpha value is -1.04. The number of alkyl halides is 3. The van der Waals surface area contributed by atoms with E-state index >= 15 is 0 Å². The number of nitrogens with zero attached hydrogens (tertiary/aromatic N) is 2. The fourth-order valence-electron chi connectivity index (χ4n) is 2.32. The summed E-state index contributed by atoms with van der Waals surface area (Å²) >= 11 is 0. The fourth-order valence-corrected chi connectivity index (χ4v) is 2.32. The Balaban J connectivity index is 2.18. The summed E-state index contributed by atoms with van der Waals surface area (Å²) in [5.74, 6) is 0. The van der Waals surface area contributed by atoms with Crippen molar-refractivity contribution in [2.45, 2.75) is 50.4 Å². The zero-order valence-electron chi connectivity index (χ0n) is 9.45. The van der Waals surface area contributed by atoms with Gasteiger partial charge < -0.3 is 5.73 Å². The number of rotatable bonds is 1. The molecule has 2 unspecified atom stereocenters. The average molecular weight is 247 g/mol. The summed E-state index contributed by atoms with van der Waals surface area (Å²) in [4.78, 5) is 0. The van der Waals surface area contributed by atoms with Gasteiger partial charge in [0.2, 0.25) is 0 Å². The third-order valence-corrected chi connectivity index (χ3v) is 3.27. The molecule has 2 atom stereocenters. The van der Waals surface area contributed by atoms with Crippen molar-refractivity contribution in [1.82, 2.24) is 9.78 Å². The number of hydrogen-bond acceptors (Lipinski definition) is 2. The molecule has 17 heavy (non-hydrogen) atoms. The van der Waals surface area contributed by atoms with E-state index in [1.165, 1.54) is 10.9 Å². The molecule has 0 amide bonds. The van der Waals surface area contributed by atoms with E-state index in [4.69, 9.17) is 5.73 Å². The van der Waals surface area contributed by atoms with Crippen LogP contribution in [0.3, 0.4) is 0 Å². The molecule has 0 bridgehead atoms. The first kappa shape index (κ1) is 12.4. The maximum atomic E-state index is 12.4. The molecule has 1 aliphatic carbocycles. The molecule has 1 aliphatic rings. The Morgan fingerprint density at radius 2 is 1.94 bits per heavy atom. The van der Waals surface area contributed by atoms with Crippen LogP contribution in [0.25, 0.3) is 0 Å². The highest BCUT2D eigenvalue weighted by Gasteiger charge is 2.34. The molecule has 0 aromatic carbocycles. The van der Waals surface area contributed by atoms with Crippen LogP contribution in [-0.4, -0.2) is 15.8 Å². The Morgan fingerprint density at radius 1 is 1.24 bits per heavy atom. The van der Waals surface area contributed by atoms with E-state index in [-0.39, 0.29) is 12.1 Å². The van der Waals surface area contributed by atoms with Gasteiger partial charge in [-0.25, -0.2) is 0 Å². The van der Waals surface area contributed by atoms with Crippen LogP contribution in [0.1, 0.15) is 43.8 Å². The van der Waals surface area contributed by atoms with Gasteiger partial charge in [0.1, 0.15) is 0 Å². The molecule has 0 saturated heterocycles. The Morgan fingerprint density at radius 3 is 2.59 bits per heavy atom. The van der Waals surface area contributed by atoms with Crippen molar-refractivity contribution in [3.05, 3.63) is 18.0 Å². The van der Waals surface area contributed by atoms with Crippen molar-refractivity contribution in [2.75, 3.05) is 0 Å². The van der Waals surface area contributed by atoms with Crippen LogP contribution in [0.2, 0.25) is 0 Å². The van der Waals surface area contributed by atoms with E-state index in [1.54, 1.807) is 0 Å². The van der Waals surface area contributed by atoms with E-state index in [0.29, 0.717) is 0 Å². The van der Waals surface area contributed by atoms with Gasteiger partial charge in [-0.15, -0.1) is 0 Å². The SMILES string of the molecule is NC1CCCCCC1n1ccc(C(F)(F)F)n1. The van der Waals surface area contributed by atoms with Crippen LogP contribution < -0.4 is 5.73 Å². The quantitative estimate of drug-likeness (QED) is 0.775. The Bertz CT molecular complexity index is 372. The lowest BCUT2D eigenvalue weighted by Gasteiger charge is -2.21. The predicted octanol–water partition coefficient (Wildman–Crippen LogP) is 2.73. The van der Waals surface area contributed by atoms with Gasteiger partial charge in [-0.2, -0.15) is 18.3 Å². The lowest BCUT2D eigenvalue weighted by Crippen LogP contribution is -2.31. The third kappa shape index (κ3) is 2.80. The summed E-state index contributed by atoms with van der Waals surface area (Å²) in [6.07, 6.45) is 1.81. The molecule has 96 valence electrons. The first-order valence-corrected chi connectivity index (χ1v) is 5.86. The van der Waals surface area contributed by atoms with E-state index in [0.717, 1.165) is 38.2 Å². The van der Waals surface area contributed by atoms with Crippen LogP contribution in [-0.2, 0) is 6.18 Å². The van der Waals surface area contributed by atoms with Gasteiger partial charge in [0.05, 0.1) is 6.04 Å². The first-order chi connectivity index (χ1) is 7.98. The Labute approximate surface area is 97.8 Å². The highest BCUT2D eigenvalue weighted by molar-refractivity contribution is 5.04. The third-order valence-electron chi connectivity index (χ3n) is 3.27. The van der Waals surface area contributed by atoms with Gasteiger partial charge in [-0.1, -0.05) is 19.3 Å². The van der Waals surface area contributed by atoms with E-state index in [2.05, 4.69) is 5.10 Å². The number of aromatic nitrogens is 2. The highest BCUT2D eigenvalue weighted by atomic mass is 19.4. The zero-order chi connectivity index (χ0) is 12.5. The molecule has 2 rings (SSSR count). The molecule has 6 heteroatoms. The summed E-state index contributed by atoms with van der Waals surface area (Å²) in [6, 6.07) is 0.810. The summed E-state index contributed by atoms with van der Waals surface area (Å²) in [7, 11) is 0. The lowest BCUT2D eigenvalue weighted by atomic mass is 10.0. The van der Waals surface area contributed by atoms with Gasteiger partial charge in [0.15, 0.2) is 5.69 Å². The number of halogens is 3. The lowest BCUT2D eigenvalue weighted by molar-refractivity contribution is -0.141. The minimum atomic E-state index is -4.37. The standard InChI is InChI=1S/C11H16F3N3/c12-11(13,14)10-6-7-17(16-10)9-5-3-1-2-4-8(9)15/h6-9H,1-5,15H2. The predicted molar refractivity (Wildman–Crippen MR) is 57.3 cm³/mol. The molecular formula is C11H16F3N3. The van der Waals surface area contributed by atoms with Gasteiger partial charge in [-0.05, 0) is 18.9 Å². The van der Waals surface area contributed by atoms with Gasteiger partial charge in [-0.3, -0.25) is 4.68 Å². The molecular weight excluding hydrogens is 231 g/mol. The second-order valence-electron chi connectivity index (χ2n) is 4.55. The second-order valence-corrected chi connectivity index (χ2v) is 4.55. The molecule has 1 aromatic heterocycles. The number of nitrogens with two attached hydrogens (primary N) is 1. The summed E-state index contributed by atoms with van der Waals surface area (Å²) in [6.45, 7) is 0. The topological polar surface area (TPSA) is 43.8 Å². The average Bonchev–Trinajstić information content (AvgIpc) is 2.63.